The summed E-state index contributed by atoms with van der Waals surface area (Å²) >= 11 is 0. The summed E-state index contributed by atoms with van der Waals surface area (Å²) in [5.41, 5.74) is 2.83. The lowest BCUT2D eigenvalue weighted by Crippen LogP contribution is -2.61. The summed E-state index contributed by atoms with van der Waals surface area (Å²) in [6, 6.07) is 8.12. The van der Waals surface area contributed by atoms with E-state index in [1.165, 1.54) is 11.1 Å². The molecule has 3 aliphatic carbocycles. The van der Waals surface area contributed by atoms with Crippen LogP contribution in [0.3, 0.4) is 0 Å². The molecule has 6 rings (SSSR count). The van der Waals surface area contributed by atoms with E-state index in [4.69, 9.17) is 9.47 Å². The van der Waals surface area contributed by atoms with Gasteiger partial charge in [-0.15, -0.1) is 0 Å². The first kappa shape index (κ1) is 21.1. The van der Waals surface area contributed by atoms with Gasteiger partial charge < -0.3 is 24.6 Å². The van der Waals surface area contributed by atoms with Crippen molar-refractivity contribution in [1.29, 1.82) is 0 Å². The number of hydrogen-bond acceptors (Lipinski definition) is 6. The summed E-state index contributed by atoms with van der Waals surface area (Å²) < 4.78 is 11.9. The van der Waals surface area contributed by atoms with E-state index in [9.17, 15) is 15.0 Å². The zero-order valence-corrected chi connectivity index (χ0v) is 19.2. The molecule has 0 radical (unpaired) electrons. The van der Waals surface area contributed by atoms with Crippen LogP contribution in [0.15, 0.2) is 59.4 Å². The predicted octanol–water partition coefficient (Wildman–Crippen LogP) is 3.17. The second-order valence-electron chi connectivity index (χ2n) is 10.1. The maximum absolute atomic E-state index is 11.9. The summed E-state index contributed by atoms with van der Waals surface area (Å²) in [5.74, 6) is 0.211. The highest BCUT2D eigenvalue weighted by Gasteiger charge is 2.71. The van der Waals surface area contributed by atoms with Gasteiger partial charge in [0.25, 0.3) is 0 Å². The number of benzene rings is 1. The molecule has 2 aliphatic heterocycles. The highest BCUT2D eigenvalue weighted by molar-refractivity contribution is 5.72. The van der Waals surface area contributed by atoms with E-state index in [1.54, 1.807) is 6.92 Å². The molecule has 2 heterocycles. The summed E-state index contributed by atoms with van der Waals surface area (Å²) in [7, 11) is 2.19. The lowest BCUT2D eigenvalue weighted by atomic mass is 9.50. The molecule has 5 aliphatic rings. The SMILES string of the molecule is CCOC(=O)Cc1ccc(C23O[C@H]4[C@@H](O)C=C[C@H]5[C@H]6CC(=C2[C@]54CCN6C)CC=C3O)cc1. The monoisotopic (exact) mass is 449 g/mol. The predicted molar refractivity (Wildman–Crippen MR) is 122 cm³/mol. The van der Waals surface area contributed by atoms with Crippen molar-refractivity contribution in [1.82, 2.24) is 4.90 Å². The van der Waals surface area contributed by atoms with Gasteiger partial charge in [0.2, 0.25) is 0 Å². The number of aliphatic hydroxyl groups is 2. The van der Waals surface area contributed by atoms with Gasteiger partial charge in [-0.05, 0) is 62.6 Å². The molecule has 2 fully saturated rings. The van der Waals surface area contributed by atoms with Crippen LogP contribution in [-0.4, -0.2) is 59.5 Å². The van der Waals surface area contributed by atoms with Crippen molar-refractivity contribution in [2.24, 2.45) is 11.3 Å². The fourth-order valence-corrected chi connectivity index (χ4v) is 7.32. The Morgan fingerprint density at radius 3 is 2.82 bits per heavy atom. The topological polar surface area (TPSA) is 79.2 Å². The van der Waals surface area contributed by atoms with Crippen LogP contribution in [0.2, 0.25) is 0 Å². The second-order valence-corrected chi connectivity index (χ2v) is 10.1. The first-order valence-corrected chi connectivity index (χ1v) is 12.0. The number of likely N-dealkylation sites (tertiary alicyclic amines) is 1. The molecule has 2 saturated heterocycles. The van der Waals surface area contributed by atoms with Gasteiger partial charge >= 0.3 is 5.97 Å². The number of carbonyl (C=O) groups is 1. The fourth-order valence-electron chi connectivity index (χ4n) is 7.32. The van der Waals surface area contributed by atoms with Crippen LogP contribution < -0.4 is 0 Å². The van der Waals surface area contributed by atoms with Gasteiger partial charge in [0, 0.05) is 17.4 Å². The normalized spacial score (nSPS) is 38.7. The number of hydrogen-bond donors (Lipinski definition) is 2. The van der Waals surface area contributed by atoms with Gasteiger partial charge in [-0.25, -0.2) is 0 Å². The molecular weight excluding hydrogens is 418 g/mol. The zero-order chi connectivity index (χ0) is 23.0. The minimum Gasteiger partial charge on any atom is -0.509 e. The van der Waals surface area contributed by atoms with E-state index in [1.807, 2.05) is 36.4 Å². The minimum atomic E-state index is -1.08. The molecule has 0 amide bonds. The quantitative estimate of drug-likeness (QED) is 0.543. The number of rotatable bonds is 4. The van der Waals surface area contributed by atoms with Crippen LogP contribution >= 0.6 is 0 Å². The Kier molecular flexibility index (Phi) is 4.67. The van der Waals surface area contributed by atoms with E-state index >= 15 is 0 Å². The van der Waals surface area contributed by atoms with Crippen molar-refractivity contribution in [3.05, 3.63) is 70.5 Å². The average molecular weight is 450 g/mol. The van der Waals surface area contributed by atoms with Crippen LogP contribution in [0.1, 0.15) is 37.3 Å². The average Bonchev–Trinajstić information content (AvgIpc) is 3.13. The van der Waals surface area contributed by atoms with E-state index in [2.05, 4.69) is 18.0 Å². The first-order valence-electron chi connectivity index (χ1n) is 12.0. The van der Waals surface area contributed by atoms with E-state index < -0.39 is 17.8 Å². The molecular formula is C27H31NO5. The maximum atomic E-state index is 11.9. The van der Waals surface area contributed by atoms with E-state index in [0.29, 0.717) is 12.6 Å². The van der Waals surface area contributed by atoms with Crippen LogP contribution in [-0.2, 0) is 26.3 Å². The third kappa shape index (κ3) is 2.69. The first-order chi connectivity index (χ1) is 15.9. The molecule has 33 heavy (non-hydrogen) atoms. The number of allylic oxidation sites excluding steroid dienone is 1. The Bertz CT molecular complexity index is 1090. The van der Waals surface area contributed by atoms with Gasteiger partial charge in [-0.1, -0.05) is 42.0 Å². The van der Waals surface area contributed by atoms with Crippen molar-refractivity contribution in [2.45, 2.75) is 56.5 Å². The molecule has 174 valence electrons. The summed E-state index contributed by atoms with van der Waals surface area (Å²) in [4.78, 5) is 14.4. The van der Waals surface area contributed by atoms with Crippen molar-refractivity contribution < 1.29 is 24.5 Å². The van der Waals surface area contributed by atoms with Gasteiger partial charge in [-0.2, -0.15) is 0 Å². The van der Waals surface area contributed by atoms with Crippen molar-refractivity contribution in [3.8, 4) is 0 Å². The smallest absolute Gasteiger partial charge is 0.310 e. The molecule has 6 nitrogen and oxygen atoms in total. The number of carbonyl (C=O) groups excluding carboxylic acids is 1. The Morgan fingerprint density at radius 2 is 2.06 bits per heavy atom. The van der Waals surface area contributed by atoms with Gasteiger partial charge in [0.05, 0.1) is 25.2 Å². The Hall–Kier alpha value is -2.41. The van der Waals surface area contributed by atoms with Crippen LogP contribution in [0.4, 0.5) is 0 Å². The molecule has 0 saturated carbocycles. The number of esters is 1. The lowest BCUT2D eigenvalue weighted by Gasteiger charge is -2.58. The van der Waals surface area contributed by atoms with E-state index in [0.717, 1.165) is 36.9 Å². The molecule has 2 N–H and O–H groups in total. The molecule has 1 spiro atoms. The van der Waals surface area contributed by atoms with Crippen molar-refractivity contribution in [3.63, 3.8) is 0 Å². The Balaban J connectivity index is 1.49. The molecule has 1 aromatic carbocycles. The maximum Gasteiger partial charge on any atom is 0.310 e. The second kappa shape index (κ2) is 7.29. The minimum absolute atomic E-state index is 0.211. The van der Waals surface area contributed by atoms with Crippen LogP contribution in [0.25, 0.3) is 0 Å². The molecule has 2 bridgehead atoms. The summed E-state index contributed by atoms with van der Waals surface area (Å²) in [5, 5.41) is 22.5. The highest BCUT2D eigenvalue weighted by Crippen LogP contribution is 2.70. The third-order valence-corrected chi connectivity index (χ3v) is 8.63. The fraction of sp³-hybridized carbons (Fsp3) is 0.519. The van der Waals surface area contributed by atoms with Gasteiger partial charge in [0.1, 0.15) is 5.76 Å². The number of aliphatic hydroxyl groups excluding tert-OH is 2. The Labute approximate surface area is 194 Å². The zero-order valence-electron chi connectivity index (χ0n) is 19.2. The lowest BCUT2D eigenvalue weighted by molar-refractivity contribution is -0.142. The third-order valence-electron chi connectivity index (χ3n) is 8.63. The number of ether oxygens (including phenoxy) is 2. The van der Waals surface area contributed by atoms with Crippen molar-refractivity contribution >= 4 is 5.97 Å². The summed E-state index contributed by atoms with van der Waals surface area (Å²) in [6.07, 6.45) is 7.63. The molecule has 1 unspecified atom stereocenters. The van der Waals surface area contributed by atoms with Gasteiger partial charge in [0.15, 0.2) is 5.60 Å². The molecule has 6 atom stereocenters. The number of nitrogens with zero attached hydrogens (tertiary/aromatic N) is 1. The number of piperidine rings is 1. The summed E-state index contributed by atoms with van der Waals surface area (Å²) in [6.45, 7) is 3.10. The van der Waals surface area contributed by atoms with Crippen LogP contribution in [0, 0.1) is 11.3 Å². The highest BCUT2D eigenvalue weighted by atomic mass is 16.5. The van der Waals surface area contributed by atoms with E-state index in [-0.39, 0.29) is 29.5 Å². The van der Waals surface area contributed by atoms with Gasteiger partial charge in [-0.3, -0.25) is 4.79 Å². The van der Waals surface area contributed by atoms with Crippen molar-refractivity contribution in [2.75, 3.05) is 20.2 Å². The molecule has 1 aromatic rings. The van der Waals surface area contributed by atoms with Crippen LogP contribution in [0.5, 0.6) is 0 Å². The Morgan fingerprint density at radius 1 is 1.27 bits per heavy atom. The standard InChI is InChI=1S/C27H31NO5/c1-3-32-23(31)14-16-4-7-18(8-5-16)27-22(30)11-6-17-15-20-19-9-10-21(29)25(33-27)26(19,24(17)27)12-13-28(20)2/h4-5,7-11,19-21,25,29-30H,3,6,12-15H2,1-2H3/t19-,20+,21-,25-,26-,27?/m0/s1. The molecule has 0 aromatic heterocycles. The largest absolute Gasteiger partial charge is 0.509 e. The molecule has 6 heteroatoms.